The SMILES string of the molecule is C=CC(=O)NCc1ccc(-c2ccc3c(c2)CCC(CCCCC)C3)cc1. The number of hydrogen-bond acceptors (Lipinski definition) is 1. The lowest BCUT2D eigenvalue weighted by molar-refractivity contribution is -0.116. The number of carbonyl (C=O) groups excluding carboxylic acids is 1. The molecule has 0 fully saturated rings. The van der Waals surface area contributed by atoms with Gasteiger partial charge in [0, 0.05) is 6.54 Å². The van der Waals surface area contributed by atoms with E-state index in [1.807, 2.05) is 0 Å². The molecule has 0 saturated heterocycles. The Morgan fingerprint density at radius 3 is 2.63 bits per heavy atom. The zero-order chi connectivity index (χ0) is 19.1. The van der Waals surface area contributed by atoms with E-state index >= 15 is 0 Å². The van der Waals surface area contributed by atoms with E-state index in [0.717, 1.165) is 11.5 Å². The van der Waals surface area contributed by atoms with Crippen LogP contribution in [0.1, 0.15) is 55.7 Å². The molecule has 0 aromatic heterocycles. The van der Waals surface area contributed by atoms with Crippen LogP contribution in [0.3, 0.4) is 0 Å². The second-order valence-electron chi connectivity index (χ2n) is 7.71. The average Bonchev–Trinajstić information content (AvgIpc) is 2.72. The van der Waals surface area contributed by atoms with E-state index in [1.165, 1.54) is 67.7 Å². The Labute approximate surface area is 163 Å². The number of amides is 1. The quantitative estimate of drug-likeness (QED) is 0.464. The van der Waals surface area contributed by atoms with Crippen molar-refractivity contribution in [3.8, 4) is 11.1 Å². The molecule has 1 aliphatic rings. The summed E-state index contributed by atoms with van der Waals surface area (Å²) in [4.78, 5) is 11.3. The lowest BCUT2D eigenvalue weighted by Crippen LogP contribution is -2.19. The maximum absolute atomic E-state index is 11.3. The highest BCUT2D eigenvalue weighted by molar-refractivity contribution is 5.86. The van der Waals surface area contributed by atoms with Gasteiger partial charge in [-0.15, -0.1) is 0 Å². The van der Waals surface area contributed by atoms with Crippen LogP contribution in [-0.4, -0.2) is 5.91 Å². The maximum Gasteiger partial charge on any atom is 0.243 e. The molecule has 0 spiro atoms. The summed E-state index contributed by atoms with van der Waals surface area (Å²) >= 11 is 0. The van der Waals surface area contributed by atoms with Gasteiger partial charge in [0.2, 0.25) is 5.91 Å². The van der Waals surface area contributed by atoms with Gasteiger partial charge in [-0.25, -0.2) is 0 Å². The van der Waals surface area contributed by atoms with Gasteiger partial charge in [0.15, 0.2) is 0 Å². The van der Waals surface area contributed by atoms with E-state index in [9.17, 15) is 4.79 Å². The standard InChI is InChI=1S/C25H31NO/c1-3-5-6-7-19-8-13-24-17-23(15-14-22(24)16-19)21-11-9-20(10-12-21)18-26-25(27)4-2/h4,9-12,14-15,17,19H,2-3,5-8,13,16,18H2,1H3,(H,26,27). The monoisotopic (exact) mass is 361 g/mol. The first kappa shape index (κ1) is 19.4. The Morgan fingerprint density at radius 1 is 1.11 bits per heavy atom. The topological polar surface area (TPSA) is 29.1 Å². The molecular weight excluding hydrogens is 330 g/mol. The van der Waals surface area contributed by atoms with Gasteiger partial charge in [0.1, 0.15) is 0 Å². The largest absolute Gasteiger partial charge is 0.348 e. The first-order valence-electron chi connectivity index (χ1n) is 10.3. The molecule has 142 valence electrons. The molecule has 2 heteroatoms. The minimum absolute atomic E-state index is 0.137. The second kappa shape index (κ2) is 9.55. The van der Waals surface area contributed by atoms with E-state index < -0.39 is 0 Å². The predicted octanol–water partition coefficient (Wildman–Crippen LogP) is 5.84. The van der Waals surface area contributed by atoms with Crippen molar-refractivity contribution in [3.63, 3.8) is 0 Å². The Bertz CT molecular complexity index is 775. The zero-order valence-electron chi connectivity index (χ0n) is 16.5. The van der Waals surface area contributed by atoms with Crippen molar-refractivity contribution >= 4 is 5.91 Å². The normalized spacial score (nSPS) is 15.8. The number of carbonyl (C=O) groups is 1. The van der Waals surface area contributed by atoms with Crippen molar-refractivity contribution in [2.24, 2.45) is 5.92 Å². The highest BCUT2D eigenvalue weighted by Crippen LogP contribution is 2.32. The molecule has 2 nitrogen and oxygen atoms in total. The van der Waals surface area contributed by atoms with Crippen molar-refractivity contribution in [3.05, 3.63) is 71.8 Å². The lowest BCUT2D eigenvalue weighted by Gasteiger charge is -2.25. The first-order chi connectivity index (χ1) is 13.2. The van der Waals surface area contributed by atoms with Crippen molar-refractivity contribution < 1.29 is 4.79 Å². The summed E-state index contributed by atoms with van der Waals surface area (Å²) in [5.41, 5.74) is 6.71. The molecule has 0 aliphatic heterocycles. The maximum atomic E-state index is 11.3. The fourth-order valence-electron chi connectivity index (χ4n) is 4.02. The fraction of sp³-hybridized carbons (Fsp3) is 0.400. The summed E-state index contributed by atoms with van der Waals surface area (Å²) in [6.45, 7) is 6.29. The zero-order valence-corrected chi connectivity index (χ0v) is 16.5. The van der Waals surface area contributed by atoms with Crippen LogP contribution in [-0.2, 0) is 24.2 Å². The highest BCUT2D eigenvalue weighted by atomic mass is 16.1. The van der Waals surface area contributed by atoms with Gasteiger partial charge < -0.3 is 5.32 Å². The molecule has 0 radical (unpaired) electrons. The van der Waals surface area contributed by atoms with Gasteiger partial charge in [-0.05, 0) is 59.1 Å². The molecule has 1 atom stereocenters. The number of hydrogen-bond donors (Lipinski definition) is 1. The van der Waals surface area contributed by atoms with E-state index in [4.69, 9.17) is 0 Å². The smallest absolute Gasteiger partial charge is 0.243 e. The van der Waals surface area contributed by atoms with Gasteiger partial charge in [-0.1, -0.05) is 81.7 Å². The lowest BCUT2D eigenvalue weighted by atomic mass is 9.80. The summed E-state index contributed by atoms with van der Waals surface area (Å²) < 4.78 is 0. The minimum atomic E-state index is -0.137. The molecule has 0 heterocycles. The van der Waals surface area contributed by atoms with Crippen LogP contribution in [0.2, 0.25) is 0 Å². The van der Waals surface area contributed by atoms with Gasteiger partial charge in [-0.3, -0.25) is 4.79 Å². The van der Waals surface area contributed by atoms with Crippen LogP contribution >= 0.6 is 0 Å². The van der Waals surface area contributed by atoms with E-state index in [2.05, 4.69) is 61.3 Å². The summed E-state index contributed by atoms with van der Waals surface area (Å²) in [7, 11) is 0. The molecule has 0 bridgehead atoms. The highest BCUT2D eigenvalue weighted by Gasteiger charge is 2.18. The molecule has 1 unspecified atom stereocenters. The van der Waals surface area contributed by atoms with Crippen molar-refractivity contribution in [2.75, 3.05) is 0 Å². The Morgan fingerprint density at radius 2 is 1.89 bits per heavy atom. The molecule has 0 saturated carbocycles. The molecule has 2 aromatic rings. The van der Waals surface area contributed by atoms with E-state index in [1.54, 1.807) is 5.56 Å². The number of rotatable bonds is 8. The number of aryl methyl sites for hydroxylation is 1. The van der Waals surface area contributed by atoms with Crippen molar-refractivity contribution in [1.29, 1.82) is 0 Å². The van der Waals surface area contributed by atoms with Crippen LogP contribution in [0.5, 0.6) is 0 Å². The minimum Gasteiger partial charge on any atom is -0.348 e. The van der Waals surface area contributed by atoms with Gasteiger partial charge >= 0.3 is 0 Å². The molecule has 2 aromatic carbocycles. The number of fused-ring (bicyclic) bond motifs is 1. The van der Waals surface area contributed by atoms with Crippen LogP contribution in [0.15, 0.2) is 55.1 Å². The molecule has 1 amide bonds. The number of benzene rings is 2. The summed E-state index contributed by atoms with van der Waals surface area (Å²) in [6.07, 6.45) is 10.6. The first-order valence-corrected chi connectivity index (χ1v) is 10.3. The van der Waals surface area contributed by atoms with Crippen LogP contribution in [0.25, 0.3) is 11.1 Å². The molecule has 1 N–H and O–H groups in total. The Hall–Kier alpha value is -2.35. The average molecular weight is 362 g/mol. The van der Waals surface area contributed by atoms with Crippen LogP contribution < -0.4 is 5.32 Å². The Kier molecular flexibility index (Phi) is 6.86. The summed E-state index contributed by atoms with van der Waals surface area (Å²) in [5, 5.41) is 2.81. The second-order valence-corrected chi connectivity index (χ2v) is 7.71. The summed E-state index contributed by atoms with van der Waals surface area (Å²) in [5.74, 6) is 0.738. The predicted molar refractivity (Wildman–Crippen MR) is 114 cm³/mol. The Balaban J connectivity index is 1.63. The third kappa shape index (κ3) is 5.32. The summed E-state index contributed by atoms with van der Waals surface area (Å²) in [6, 6.07) is 15.5. The molecule has 27 heavy (non-hydrogen) atoms. The molecular formula is C25H31NO. The third-order valence-corrected chi connectivity index (χ3v) is 5.69. The van der Waals surface area contributed by atoms with Crippen LogP contribution in [0, 0.1) is 5.92 Å². The van der Waals surface area contributed by atoms with E-state index in [-0.39, 0.29) is 5.91 Å². The van der Waals surface area contributed by atoms with Gasteiger partial charge in [0.05, 0.1) is 0 Å². The molecule has 3 rings (SSSR count). The van der Waals surface area contributed by atoms with Crippen molar-refractivity contribution in [1.82, 2.24) is 5.32 Å². The fourth-order valence-corrected chi connectivity index (χ4v) is 4.02. The van der Waals surface area contributed by atoms with E-state index in [0.29, 0.717) is 6.54 Å². The number of nitrogens with one attached hydrogen (secondary N) is 1. The van der Waals surface area contributed by atoms with Crippen LogP contribution in [0.4, 0.5) is 0 Å². The van der Waals surface area contributed by atoms with Gasteiger partial charge in [-0.2, -0.15) is 0 Å². The van der Waals surface area contributed by atoms with Crippen molar-refractivity contribution in [2.45, 2.75) is 58.4 Å². The molecule has 1 aliphatic carbocycles. The third-order valence-electron chi connectivity index (χ3n) is 5.69. The van der Waals surface area contributed by atoms with Gasteiger partial charge in [0.25, 0.3) is 0 Å². The number of unbranched alkanes of at least 4 members (excludes halogenated alkanes) is 2.